The lowest BCUT2D eigenvalue weighted by Crippen LogP contribution is -2.62. The molecule has 0 aromatic heterocycles. The summed E-state index contributed by atoms with van der Waals surface area (Å²) in [5.41, 5.74) is 0.381. The lowest BCUT2D eigenvalue weighted by molar-refractivity contribution is -0.206. The average molecular weight is 432 g/mol. The zero-order valence-corrected chi connectivity index (χ0v) is 19.1. The molecule has 2 N–H and O–H groups in total. The number of carbonyl (C=O) groups is 2. The van der Waals surface area contributed by atoms with Crippen molar-refractivity contribution in [2.45, 2.75) is 83.3 Å². The Balaban J connectivity index is 1.40. The predicted molar refractivity (Wildman–Crippen MR) is 115 cm³/mol. The van der Waals surface area contributed by atoms with Gasteiger partial charge >= 0.3 is 12.1 Å². The number of nitrogens with zero attached hydrogens (tertiary/aromatic N) is 1. The molecule has 0 unspecified atom stereocenters. The first-order valence-corrected chi connectivity index (χ1v) is 12.2. The van der Waals surface area contributed by atoms with Crippen LogP contribution in [-0.4, -0.2) is 52.5 Å². The molecule has 0 radical (unpaired) electrons. The van der Waals surface area contributed by atoms with Crippen molar-refractivity contribution in [3.05, 3.63) is 11.6 Å². The van der Waals surface area contributed by atoms with Gasteiger partial charge in [-0.1, -0.05) is 13.8 Å². The highest BCUT2D eigenvalue weighted by Gasteiger charge is 2.67. The van der Waals surface area contributed by atoms with Crippen LogP contribution < -0.4 is 0 Å². The lowest BCUT2D eigenvalue weighted by Gasteiger charge is -2.64. The number of carboxylic acid groups (broad SMARTS) is 1. The first-order valence-electron chi connectivity index (χ1n) is 12.2. The van der Waals surface area contributed by atoms with Gasteiger partial charge in [0.15, 0.2) is 0 Å². The molecule has 1 amide bonds. The number of hydrogen-bond donors (Lipinski definition) is 2. The monoisotopic (exact) mass is 431 g/mol. The molecule has 4 aliphatic carbocycles. The van der Waals surface area contributed by atoms with E-state index in [1.807, 2.05) is 0 Å². The van der Waals surface area contributed by atoms with Crippen molar-refractivity contribution in [1.29, 1.82) is 0 Å². The fourth-order valence-electron chi connectivity index (χ4n) is 8.90. The number of carbonyl (C=O) groups excluding carboxylic acids is 1. The van der Waals surface area contributed by atoms with E-state index in [0.29, 0.717) is 24.4 Å². The van der Waals surface area contributed by atoms with Gasteiger partial charge in [0.2, 0.25) is 0 Å². The molecule has 0 bridgehead atoms. The number of fused-ring (bicyclic) bond motifs is 5. The van der Waals surface area contributed by atoms with Crippen molar-refractivity contribution in [2.75, 3.05) is 13.7 Å². The maximum atomic E-state index is 12.2. The van der Waals surface area contributed by atoms with Gasteiger partial charge in [-0.15, -0.1) is 0 Å². The molecule has 4 fully saturated rings. The van der Waals surface area contributed by atoms with Crippen molar-refractivity contribution in [3.8, 4) is 0 Å². The van der Waals surface area contributed by atoms with Gasteiger partial charge in [0.05, 0.1) is 5.60 Å². The Bertz CT molecular complexity index is 825. The number of hydrogen-bond acceptors (Lipinski definition) is 4. The molecule has 0 aromatic rings. The summed E-state index contributed by atoms with van der Waals surface area (Å²) in [4.78, 5) is 24.7. The standard InChI is InChI=1S/C25H37NO5/c1-23-9-6-17(26(3)22(28)29)13-16(23)4-5-20-19(23)7-10-24(2)18(8-11-25(20,24)30)15-12-21(27)31-14-15/h12,16-20,30H,4-11,13-14H2,1-3H3,(H,28,29)/t16-,17+,18-,19+,20-,23+,24-,25+/m1/s1. The minimum Gasteiger partial charge on any atom is -0.465 e. The van der Waals surface area contributed by atoms with Crippen molar-refractivity contribution >= 4 is 12.1 Å². The average Bonchev–Trinajstić information content (AvgIpc) is 3.27. The second-order valence-corrected chi connectivity index (χ2v) is 11.6. The normalized spacial score (nSPS) is 48.8. The van der Waals surface area contributed by atoms with Crippen LogP contribution in [0.2, 0.25) is 0 Å². The van der Waals surface area contributed by atoms with E-state index >= 15 is 0 Å². The third kappa shape index (κ3) is 2.86. The maximum absolute atomic E-state index is 12.2. The van der Waals surface area contributed by atoms with Crippen LogP contribution in [0.4, 0.5) is 4.79 Å². The molecule has 5 aliphatic rings. The minimum absolute atomic E-state index is 0.117. The number of ether oxygens (including phenoxy) is 1. The molecular weight excluding hydrogens is 394 g/mol. The highest BCUT2D eigenvalue weighted by Crippen LogP contribution is 2.70. The molecular formula is C25H37NO5. The van der Waals surface area contributed by atoms with Gasteiger partial charge in [0.1, 0.15) is 6.61 Å². The minimum atomic E-state index is -0.828. The van der Waals surface area contributed by atoms with Gasteiger partial charge < -0.3 is 19.8 Å². The SMILES string of the molecule is CN(C(=O)O)[C@H]1CC[C@@]2(C)[C@H](CC[C@@H]3[C@@H]2CC[C@]2(C)[C@@H](C4=CC(=O)OC4)CC[C@]32O)C1. The molecule has 0 aromatic carbocycles. The first kappa shape index (κ1) is 21.3. The van der Waals surface area contributed by atoms with Crippen LogP contribution in [0.25, 0.3) is 0 Å². The highest BCUT2D eigenvalue weighted by atomic mass is 16.5. The maximum Gasteiger partial charge on any atom is 0.407 e. The van der Waals surface area contributed by atoms with E-state index in [0.717, 1.165) is 63.4 Å². The molecule has 6 heteroatoms. The molecule has 6 nitrogen and oxygen atoms in total. The summed E-state index contributed by atoms with van der Waals surface area (Å²) in [6.45, 7) is 5.08. The third-order valence-electron chi connectivity index (χ3n) is 10.8. The van der Waals surface area contributed by atoms with Crippen LogP contribution in [0, 0.1) is 34.5 Å². The van der Waals surface area contributed by atoms with E-state index in [9.17, 15) is 19.8 Å². The third-order valence-corrected chi connectivity index (χ3v) is 10.8. The number of aliphatic hydroxyl groups is 1. The lowest BCUT2D eigenvalue weighted by atomic mass is 9.43. The Hall–Kier alpha value is -1.56. The van der Waals surface area contributed by atoms with Gasteiger partial charge in [0.25, 0.3) is 0 Å². The molecule has 0 spiro atoms. The fraction of sp³-hybridized carbons (Fsp3) is 0.840. The Kier molecular flexibility index (Phi) is 4.79. The number of esters is 1. The molecule has 31 heavy (non-hydrogen) atoms. The van der Waals surface area contributed by atoms with Crippen LogP contribution >= 0.6 is 0 Å². The van der Waals surface area contributed by atoms with Gasteiger partial charge in [-0.05, 0) is 92.4 Å². The molecule has 4 saturated carbocycles. The van der Waals surface area contributed by atoms with Gasteiger partial charge in [-0.2, -0.15) is 0 Å². The number of cyclic esters (lactones) is 1. The van der Waals surface area contributed by atoms with Crippen molar-refractivity contribution in [3.63, 3.8) is 0 Å². The molecule has 8 atom stereocenters. The van der Waals surface area contributed by atoms with E-state index in [1.165, 1.54) is 4.90 Å². The summed E-state index contributed by atoms with van der Waals surface area (Å²) in [5.74, 6) is 1.32. The first-order chi connectivity index (χ1) is 14.6. The summed E-state index contributed by atoms with van der Waals surface area (Å²) < 4.78 is 5.22. The predicted octanol–water partition coefficient (Wildman–Crippen LogP) is 4.22. The zero-order valence-electron chi connectivity index (χ0n) is 19.1. The number of rotatable bonds is 2. The Morgan fingerprint density at radius 2 is 1.87 bits per heavy atom. The Morgan fingerprint density at radius 3 is 2.55 bits per heavy atom. The van der Waals surface area contributed by atoms with Crippen LogP contribution in [0.1, 0.15) is 71.6 Å². The second kappa shape index (κ2) is 6.97. The van der Waals surface area contributed by atoms with Gasteiger partial charge in [-0.3, -0.25) is 0 Å². The summed E-state index contributed by atoms with van der Waals surface area (Å²) in [5, 5.41) is 21.7. The molecule has 0 saturated heterocycles. The molecule has 1 heterocycles. The van der Waals surface area contributed by atoms with Crippen LogP contribution in [-0.2, 0) is 9.53 Å². The molecule has 1 aliphatic heterocycles. The second-order valence-electron chi connectivity index (χ2n) is 11.6. The summed E-state index contributed by atoms with van der Waals surface area (Å²) in [6.07, 6.45) is 9.72. The summed E-state index contributed by atoms with van der Waals surface area (Å²) in [6, 6.07) is 0.117. The molecule has 172 valence electrons. The molecule has 5 rings (SSSR count). The van der Waals surface area contributed by atoms with E-state index < -0.39 is 11.7 Å². The van der Waals surface area contributed by atoms with Gasteiger partial charge in [-0.25, -0.2) is 9.59 Å². The Labute approximate surface area is 185 Å². The van der Waals surface area contributed by atoms with Crippen molar-refractivity contribution in [2.24, 2.45) is 34.5 Å². The van der Waals surface area contributed by atoms with E-state index in [2.05, 4.69) is 13.8 Å². The van der Waals surface area contributed by atoms with Gasteiger partial charge in [0, 0.05) is 24.6 Å². The highest BCUT2D eigenvalue weighted by molar-refractivity contribution is 5.85. The van der Waals surface area contributed by atoms with E-state index in [-0.39, 0.29) is 28.8 Å². The van der Waals surface area contributed by atoms with Crippen LogP contribution in [0.15, 0.2) is 11.6 Å². The summed E-state index contributed by atoms with van der Waals surface area (Å²) >= 11 is 0. The quantitative estimate of drug-likeness (QED) is 0.639. The Morgan fingerprint density at radius 1 is 1.10 bits per heavy atom. The zero-order chi connectivity index (χ0) is 22.2. The largest absolute Gasteiger partial charge is 0.465 e. The number of amides is 1. The van der Waals surface area contributed by atoms with Crippen molar-refractivity contribution < 1.29 is 24.5 Å². The van der Waals surface area contributed by atoms with E-state index in [1.54, 1.807) is 13.1 Å². The van der Waals surface area contributed by atoms with E-state index in [4.69, 9.17) is 4.74 Å². The topological polar surface area (TPSA) is 87.1 Å². The van der Waals surface area contributed by atoms with Crippen LogP contribution in [0.5, 0.6) is 0 Å². The summed E-state index contributed by atoms with van der Waals surface area (Å²) in [7, 11) is 1.71. The fourth-order valence-corrected chi connectivity index (χ4v) is 8.90. The van der Waals surface area contributed by atoms with Crippen LogP contribution in [0.3, 0.4) is 0 Å². The smallest absolute Gasteiger partial charge is 0.407 e. The van der Waals surface area contributed by atoms with Crippen molar-refractivity contribution in [1.82, 2.24) is 4.90 Å².